The van der Waals surface area contributed by atoms with Crippen LogP contribution in [0.1, 0.15) is 20.8 Å². The molecule has 1 heterocycles. The zero-order valence-corrected chi connectivity index (χ0v) is 6.05. The third kappa shape index (κ3) is 1.93. The predicted octanol–water partition coefficient (Wildman–Crippen LogP) is 0.661. The molecule has 0 amide bonds. The standard InChI is InChI=1S/C6H13NO2/c1-4-7-5(2)9-6(3)8-4/h4-7H,1-3H3. The molecule has 2 unspecified atom stereocenters. The van der Waals surface area contributed by atoms with Gasteiger partial charge in [0.05, 0.1) is 0 Å². The molecule has 3 heteroatoms. The van der Waals surface area contributed by atoms with E-state index in [4.69, 9.17) is 9.47 Å². The van der Waals surface area contributed by atoms with E-state index in [0.717, 1.165) is 0 Å². The average molecular weight is 131 g/mol. The quantitative estimate of drug-likeness (QED) is 0.524. The van der Waals surface area contributed by atoms with Crippen LogP contribution in [0.5, 0.6) is 0 Å². The van der Waals surface area contributed by atoms with Crippen molar-refractivity contribution in [1.82, 2.24) is 5.32 Å². The molecule has 1 rings (SSSR count). The van der Waals surface area contributed by atoms with Crippen LogP contribution in [0.2, 0.25) is 0 Å². The third-order valence-corrected chi connectivity index (χ3v) is 1.26. The van der Waals surface area contributed by atoms with Gasteiger partial charge in [-0.3, -0.25) is 5.32 Å². The van der Waals surface area contributed by atoms with Gasteiger partial charge in [-0.2, -0.15) is 0 Å². The highest BCUT2D eigenvalue weighted by Crippen LogP contribution is 2.06. The fraction of sp³-hybridized carbons (Fsp3) is 1.00. The number of hydrogen-bond acceptors (Lipinski definition) is 3. The van der Waals surface area contributed by atoms with Gasteiger partial charge in [-0.25, -0.2) is 0 Å². The van der Waals surface area contributed by atoms with Gasteiger partial charge in [0, 0.05) is 0 Å². The summed E-state index contributed by atoms with van der Waals surface area (Å²) in [5.41, 5.74) is 0. The van der Waals surface area contributed by atoms with Gasteiger partial charge in [0.15, 0.2) is 6.29 Å². The molecule has 1 aliphatic heterocycles. The van der Waals surface area contributed by atoms with Crippen molar-refractivity contribution in [3.05, 3.63) is 0 Å². The SMILES string of the molecule is CC1NC(C)OC(C)O1. The molecule has 0 aromatic rings. The topological polar surface area (TPSA) is 30.5 Å². The first-order valence-corrected chi connectivity index (χ1v) is 3.25. The van der Waals surface area contributed by atoms with E-state index in [0.29, 0.717) is 0 Å². The van der Waals surface area contributed by atoms with E-state index in [2.05, 4.69) is 5.32 Å². The fourth-order valence-electron chi connectivity index (χ4n) is 1.02. The summed E-state index contributed by atoms with van der Waals surface area (Å²) < 4.78 is 10.4. The van der Waals surface area contributed by atoms with Crippen LogP contribution in [0, 0.1) is 0 Å². The lowest BCUT2D eigenvalue weighted by Gasteiger charge is -2.31. The van der Waals surface area contributed by atoms with Crippen molar-refractivity contribution in [3.63, 3.8) is 0 Å². The Hall–Kier alpha value is -0.120. The molecular weight excluding hydrogens is 118 g/mol. The van der Waals surface area contributed by atoms with Gasteiger partial charge in [0.1, 0.15) is 12.5 Å². The lowest BCUT2D eigenvalue weighted by Crippen LogP contribution is -2.47. The summed E-state index contributed by atoms with van der Waals surface area (Å²) in [4.78, 5) is 0. The molecule has 2 atom stereocenters. The Morgan fingerprint density at radius 3 is 1.78 bits per heavy atom. The minimum atomic E-state index is -0.0729. The fourth-order valence-corrected chi connectivity index (χ4v) is 1.02. The second-order valence-corrected chi connectivity index (χ2v) is 2.29. The first-order valence-electron chi connectivity index (χ1n) is 3.25. The molecule has 1 fully saturated rings. The van der Waals surface area contributed by atoms with Crippen LogP contribution >= 0.6 is 0 Å². The number of rotatable bonds is 0. The van der Waals surface area contributed by atoms with E-state index in [-0.39, 0.29) is 18.7 Å². The van der Waals surface area contributed by atoms with Gasteiger partial charge in [0.25, 0.3) is 0 Å². The third-order valence-electron chi connectivity index (χ3n) is 1.26. The molecule has 54 valence electrons. The Kier molecular flexibility index (Phi) is 2.05. The van der Waals surface area contributed by atoms with Crippen LogP contribution < -0.4 is 5.32 Å². The molecule has 0 bridgehead atoms. The zero-order chi connectivity index (χ0) is 6.85. The Labute approximate surface area is 55.3 Å². The van der Waals surface area contributed by atoms with Gasteiger partial charge in [0.2, 0.25) is 0 Å². The van der Waals surface area contributed by atoms with Gasteiger partial charge < -0.3 is 9.47 Å². The maximum atomic E-state index is 5.22. The van der Waals surface area contributed by atoms with Crippen LogP contribution in [0.4, 0.5) is 0 Å². The van der Waals surface area contributed by atoms with Crippen molar-refractivity contribution in [2.24, 2.45) is 0 Å². The zero-order valence-electron chi connectivity index (χ0n) is 6.05. The minimum absolute atomic E-state index is 0.0729. The van der Waals surface area contributed by atoms with E-state index in [1.54, 1.807) is 0 Å². The highest BCUT2D eigenvalue weighted by Gasteiger charge is 2.19. The minimum Gasteiger partial charge on any atom is -0.335 e. The summed E-state index contributed by atoms with van der Waals surface area (Å²) in [7, 11) is 0. The number of ether oxygens (including phenoxy) is 2. The van der Waals surface area contributed by atoms with Crippen molar-refractivity contribution in [3.8, 4) is 0 Å². The lowest BCUT2D eigenvalue weighted by molar-refractivity contribution is -0.241. The van der Waals surface area contributed by atoms with Crippen LogP contribution in [0.25, 0.3) is 0 Å². The Morgan fingerprint density at radius 1 is 1.00 bits per heavy atom. The predicted molar refractivity (Wildman–Crippen MR) is 33.7 cm³/mol. The Balaban J connectivity index is 2.34. The average Bonchev–Trinajstić information content (AvgIpc) is 1.59. The number of hydrogen-bond donors (Lipinski definition) is 1. The molecule has 0 aromatic carbocycles. The molecule has 9 heavy (non-hydrogen) atoms. The van der Waals surface area contributed by atoms with E-state index >= 15 is 0 Å². The van der Waals surface area contributed by atoms with Crippen LogP contribution in [0.3, 0.4) is 0 Å². The number of nitrogens with one attached hydrogen (secondary N) is 1. The van der Waals surface area contributed by atoms with Crippen molar-refractivity contribution >= 4 is 0 Å². The smallest absolute Gasteiger partial charge is 0.158 e. The van der Waals surface area contributed by atoms with Crippen LogP contribution in [-0.4, -0.2) is 18.7 Å². The summed E-state index contributed by atoms with van der Waals surface area (Å²) in [5, 5.41) is 3.07. The molecule has 0 spiro atoms. The first kappa shape index (κ1) is 6.99. The van der Waals surface area contributed by atoms with Gasteiger partial charge in [-0.15, -0.1) is 0 Å². The largest absolute Gasteiger partial charge is 0.335 e. The molecule has 3 nitrogen and oxygen atoms in total. The first-order chi connectivity index (χ1) is 4.18. The summed E-state index contributed by atoms with van der Waals surface area (Å²) in [5.74, 6) is 0. The molecule has 0 aliphatic carbocycles. The normalized spacial score (nSPS) is 45.0. The van der Waals surface area contributed by atoms with Crippen molar-refractivity contribution in [2.45, 2.75) is 39.5 Å². The van der Waals surface area contributed by atoms with E-state index in [1.807, 2.05) is 20.8 Å². The highest BCUT2D eigenvalue weighted by molar-refractivity contribution is 4.56. The summed E-state index contributed by atoms with van der Waals surface area (Å²) in [6.45, 7) is 5.83. The van der Waals surface area contributed by atoms with Crippen LogP contribution in [-0.2, 0) is 9.47 Å². The molecule has 0 aromatic heterocycles. The monoisotopic (exact) mass is 131 g/mol. The van der Waals surface area contributed by atoms with Gasteiger partial charge in [-0.1, -0.05) is 0 Å². The highest BCUT2D eigenvalue weighted by atomic mass is 16.7. The summed E-state index contributed by atoms with van der Waals surface area (Å²) >= 11 is 0. The molecule has 0 radical (unpaired) electrons. The molecule has 1 N–H and O–H groups in total. The van der Waals surface area contributed by atoms with Crippen molar-refractivity contribution in [2.75, 3.05) is 0 Å². The van der Waals surface area contributed by atoms with E-state index in [1.165, 1.54) is 0 Å². The van der Waals surface area contributed by atoms with Gasteiger partial charge >= 0.3 is 0 Å². The summed E-state index contributed by atoms with van der Waals surface area (Å²) in [6, 6.07) is 0. The van der Waals surface area contributed by atoms with Gasteiger partial charge in [-0.05, 0) is 20.8 Å². The molecule has 0 saturated carbocycles. The van der Waals surface area contributed by atoms with Crippen molar-refractivity contribution in [1.29, 1.82) is 0 Å². The molecule has 1 saturated heterocycles. The van der Waals surface area contributed by atoms with E-state index < -0.39 is 0 Å². The maximum Gasteiger partial charge on any atom is 0.158 e. The Morgan fingerprint density at radius 2 is 1.44 bits per heavy atom. The lowest BCUT2D eigenvalue weighted by atomic mass is 10.5. The Bertz CT molecular complexity index is 72.0. The second-order valence-electron chi connectivity index (χ2n) is 2.29. The molecular formula is C6H13NO2. The molecule has 1 aliphatic rings. The summed E-state index contributed by atoms with van der Waals surface area (Å²) in [6.07, 6.45) is 0.156. The van der Waals surface area contributed by atoms with Crippen molar-refractivity contribution < 1.29 is 9.47 Å². The van der Waals surface area contributed by atoms with E-state index in [9.17, 15) is 0 Å². The maximum absolute atomic E-state index is 5.22. The van der Waals surface area contributed by atoms with Crippen LogP contribution in [0.15, 0.2) is 0 Å². The second kappa shape index (κ2) is 2.64.